The molecule has 1 heterocycles. The van der Waals surface area contributed by atoms with E-state index in [1.54, 1.807) is 12.1 Å². The average molecular weight is 221 g/mol. The molecule has 1 aliphatic heterocycles. The van der Waals surface area contributed by atoms with Gasteiger partial charge in [-0.3, -0.25) is 0 Å². The van der Waals surface area contributed by atoms with Crippen molar-refractivity contribution < 1.29 is 14.6 Å². The molecule has 3 N–H and O–H groups in total. The van der Waals surface area contributed by atoms with E-state index in [9.17, 15) is 9.90 Å². The molecule has 0 radical (unpaired) electrons. The Labute approximate surface area is 94.0 Å². The lowest BCUT2D eigenvalue weighted by Gasteiger charge is -2.35. The molecule has 1 atom stereocenters. The van der Waals surface area contributed by atoms with Crippen LogP contribution in [0.4, 0.5) is 5.69 Å². The van der Waals surface area contributed by atoms with E-state index in [0.29, 0.717) is 16.8 Å². The smallest absolute Gasteiger partial charge is 0.341 e. The molecule has 1 aromatic carbocycles. The van der Waals surface area contributed by atoms with Gasteiger partial charge in [-0.2, -0.15) is 0 Å². The number of esters is 1. The quantitative estimate of drug-likeness (QED) is 0.516. The summed E-state index contributed by atoms with van der Waals surface area (Å²) in [6.45, 7) is 5.43. The second-order valence-electron chi connectivity index (χ2n) is 5.09. The lowest BCUT2D eigenvalue weighted by Crippen LogP contribution is -2.40. The first-order chi connectivity index (χ1) is 7.25. The predicted octanol–water partition coefficient (Wildman–Crippen LogP) is 1.63. The van der Waals surface area contributed by atoms with Gasteiger partial charge in [0.05, 0.1) is 5.56 Å². The van der Waals surface area contributed by atoms with Gasteiger partial charge >= 0.3 is 5.97 Å². The second-order valence-corrected chi connectivity index (χ2v) is 5.09. The molecule has 0 saturated carbocycles. The third-order valence-corrected chi connectivity index (χ3v) is 2.89. The van der Waals surface area contributed by atoms with Gasteiger partial charge in [0.25, 0.3) is 0 Å². The average Bonchev–Trinajstić information content (AvgIpc) is 2.39. The van der Waals surface area contributed by atoms with E-state index in [1.807, 2.05) is 20.8 Å². The van der Waals surface area contributed by atoms with Gasteiger partial charge in [-0.25, -0.2) is 4.79 Å². The topological polar surface area (TPSA) is 72.5 Å². The number of nitrogen functional groups attached to an aromatic ring is 1. The van der Waals surface area contributed by atoms with Gasteiger partial charge in [-0.1, -0.05) is 20.8 Å². The molecule has 0 aliphatic carbocycles. The summed E-state index contributed by atoms with van der Waals surface area (Å²) in [5, 5.41) is 10.5. The third-order valence-electron chi connectivity index (χ3n) is 2.89. The minimum Gasteiger partial charge on any atom is -0.425 e. The Morgan fingerprint density at radius 2 is 2.00 bits per heavy atom. The Morgan fingerprint density at radius 3 is 2.56 bits per heavy atom. The van der Waals surface area contributed by atoms with Gasteiger partial charge in [-0.15, -0.1) is 0 Å². The minimum atomic E-state index is -1.58. The van der Waals surface area contributed by atoms with Gasteiger partial charge in [0, 0.05) is 16.7 Å². The molecule has 4 nitrogen and oxygen atoms in total. The van der Waals surface area contributed by atoms with Gasteiger partial charge in [0.2, 0.25) is 5.79 Å². The number of fused-ring (bicyclic) bond motifs is 1. The van der Waals surface area contributed by atoms with Crippen molar-refractivity contribution in [2.75, 3.05) is 5.73 Å². The highest BCUT2D eigenvalue weighted by Crippen LogP contribution is 2.46. The van der Waals surface area contributed by atoms with Gasteiger partial charge in [0.15, 0.2) is 0 Å². The molecule has 0 saturated heterocycles. The van der Waals surface area contributed by atoms with Crippen molar-refractivity contribution in [3.05, 3.63) is 29.3 Å². The maximum atomic E-state index is 11.6. The first-order valence-corrected chi connectivity index (χ1v) is 5.11. The Morgan fingerprint density at radius 1 is 1.38 bits per heavy atom. The van der Waals surface area contributed by atoms with Crippen molar-refractivity contribution in [1.82, 2.24) is 0 Å². The molecule has 4 heteroatoms. The summed E-state index contributed by atoms with van der Waals surface area (Å²) in [6.07, 6.45) is 0. The zero-order valence-electron chi connectivity index (χ0n) is 9.57. The zero-order chi connectivity index (χ0) is 12.1. The van der Waals surface area contributed by atoms with Crippen molar-refractivity contribution in [2.24, 2.45) is 5.41 Å². The molecule has 16 heavy (non-hydrogen) atoms. The van der Waals surface area contributed by atoms with Crippen LogP contribution >= 0.6 is 0 Å². The van der Waals surface area contributed by atoms with Crippen LogP contribution in [0.25, 0.3) is 0 Å². The van der Waals surface area contributed by atoms with Crippen molar-refractivity contribution in [1.29, 1.82) is 0 Å². The number of benzene rings is 1. The van der Waals surface area contributed by atoms with Crippen LogP contribution in [0.1, 0.15) is 36.7 Å². The lowest BCUT2D eigenvalue weighted by atomic mass is 9.80. The van der Waals surface area contributed by atoms with E-state index < -0.39 is 17.2 Å². The number of carbonyl (C=O) groups is 1. The minimum absolute atomic E-state index is 0.345. The standard InChI is InChI=1S/C12H15NO3/c1-11(2,3)12(15)9-5-4-7(13)6-8(9)10(14)16-12/h4-6,15H,13H2,1-3H3. The zero-order valence-corrected chi connectivity index (χ0v) is 9.57. The lowest BCUT2D eigenvalue weighted by molar-refractivity contribution is -0.228. The van der Waals surface area contributed by atoms with Gasteiger partial charge < -0.3 is 15.6 Å². The first-order valence-electron chi connectivity index (χ1n) is 5.11. The number of hydrogen-bond acceptors (Lipinski definition) is 4. The third kappa shape index (κ3) is 1.30. The van der Waals surface area contributed by atoms with E-state index in [0.717, 1.165) is 0 Å². The summed E-state index contributed by atoms with van der Waals surface area (Å²) in [6, 6.07) is 4.82. The molecule has 86 valence electrons. The molecule has 0 amide bonds. The second kappa shape index (κ2) is 2.98. The predicted molar refractivity (Wildman–Crippen MR) is 59.6 cm³/mol. The first kappa shape index (κ1) is 11.0. The molecule has 1 unspecified atom stereocenters. The molecule has 1 aromatic rings. The summed E-state index contributed by atoms with van der Waals surface area (Å²) < 4.78 is 5.10. The maximum absolute atomic E-state index is 11.6. The van der Waals surface area contributed by atoms with E-state index in [2.05, 4.69) is 0 Å². The summed E-state index contributed by atoms with van der Waals surface area (Å²) in [4.78, 5) is 11.6. The highest BCUT2D eigenvalue weighted by atomic mass is 16.7. The molecule has 0 aromatic heterocycles. The Hall–Kier alpha value is -1.55. The highest BCUT2D eigenvalue weighted by Gasteiger charge is 2.52. The molecular formula is C12H15NO3. The molecule has 0 fully saturated rings. The van der Waals surface area contributed by atoms with Crippen LogP contribution < -0.4 is 5.73 Å². The van der Waals surface area contributed by atoms with E-state index >= 15 is 0 Å². The van der Waals surface area contributed by atoms with E-state index in [-0.39, 0.29) is 0 Å². The molecular weight excluding hydrogens is 206 g/mol. The van der Waals surface area contributed by atoms with Crippen LogP contribution in [0, 0.1) is 5.41 Å². The largest absolute Gasteiger partial charge is 0.425 e. The molecule has 0 bridgehead atoms. The van der Waals surface area contributed by atoms with Crippen LogP contribution in [-0.2, 0) is 10.5 Å². The Bertz CT molecular complexity index is 462. The van der Waals surface area contributed by atoms with Crippen molar-refractivity contribution >= 4 is 11.7 Å². The van der Waals surface area contributed by atoms with Crippen LogP contribution in [0.15, 0.2) is 18.2 Å². The summed E-state index contributed by atoms with van der Waals surface area (Å²) >= 11 is 0. The van der Waals surface area contributed by atoms with Crippen LogP contribution in [-0.4, -0.2) is 11.1 Å². The summed E-state index contributed by atoms with van der Waals surface area (Å²) in [7, 11) is 0. The van der Waals surface area contributed by atoms with Gasteiger partial charge in [0.1, 0.15) is 0 Å². The number of aliphatic hydroxyl groups is 1. The molecule has 2 rings (SSSR count). The Kier molecular flexibility index (Phi) is 2.04. The fraction of sp³-hybridized carbons (Fsp3) is 0.417. The SMILES string of the molecule is CC(C)(C)C1(O)OC(=O)c2cc(N)ccc21. The Balaban J connectivity index is 2.64. The fourth-order valence-electron chi connectivity index (χ4n) is 1.83. The monoisotopic (exact) mass is 221 g/mol. The van der Waals surface area contributed by atoms with Crippen LogP contribution in [0.5, 0.6) is 0 Å². The van der Waals surface area contributed by atoms with E-state index in [1.165, 1.54) is 6.07 Å². The summed E-state index contributed by atoms with van der Waals surface area (Å²) in [5.41, 5.74) is 6.32. The van der Waals surface area contributed by atoms with Crippen molar-refractivity contribution in [3.8, 4) is 0 Å². The fourth-order valence-corrected chi connectivity index (χ4v) is 1.83. The number of hydrogen-bond donors (Lipinski definition) is 2. The number of nitrogens with two attached hydrogens (primary N) is 1. The van der Waals surface area contributed by atoms with Crippen LogP contribution in [0.2, 0.25) is 0 Å². The maximum Gasteiger partial charge on any atom is 0.341 e. The van der Waals surface area contributed by atoms with Crippen molar-refractivity contribution in [2.45, 2.75) is 26.6 Å². The summed E-state index contributed by atoms with van der Waals surface area (Å²) in [5.74, 6) is -2.10. The highest BCUT2D eigenvalue weighted by molar-refractivity contribution is 5.95. The number of ether oxygens (including phenoxy) is 1. The number of carbonyl (C=O) groups excluding carboxylic acids is 1. The number of rotatable bonds is 0. The normalized spacial score (nSPS) is 24.1. The number of cyclic esters (lactones) is 1. The van der Waals surface area contributed by atoms with Crippen LogP contribution in [0.3, 0.4) is 0 Å². The molecule has 1 aliphatic rings. The van der Waals surface area contributed by atoms with Crippen molar-refractivity contribution in [3.63, 3.8) is 0 Å². The molecule has 0 spiro atoms. The number of anilines is 1. The van der Waals surface area contributed by atoms with Gasteiger partial charge in [-0.05, 0) is 18.2 Å². The van der Waals surface area contributed by atoms with E-state index in [4.69, 9.17) is 10.5 Å².